The van der Waals surface area contributed by atoms with Crippen LogP contribution in [0.2, 0.25) is 0 Å². The van der Waals surface area contributed by atoms with Crippen LogP contribution in [-0.2, 0) is 5.41 Å². The van der Waals surface area contributed by atoms with E-state index in [9.17, 15) is 4.79 Å². The normalized spacial score (nSPS) is 23.8. The zero-order chi connectivity index (χ0) is 20.4. The minimum absolute atomic E-state index is 0.00593. The third kappa shape index (κ3) is 2.56. The van der Waals surface area contributed by atoms with Crippen LogP contribution in [0.5, 0.6) is 0 Å². The fourth-order valence-electron chi connectivity index (χ4n) is 5.37. The van der Waals surface area contributed by atoms with Gasteiger partial charge in [-0.05, 0) is 60.6 Å². The molecule has 1 saturated carbocycles. The van der Waals surface area contributed by atoms with Gasteiger partial charge in [0.15, 0.2) is 5.69 Å². The molecule has 1 aromatic heterocycles. The smallest absolute Gasteiger partial charge is 0.276 e. The lowest BCUT2D eigenvalue weighted by Gasteiger charge is -2.35. The molecule has 0 saturated heterocycles. The second-order valence-corrected chi connectivity index (χ2v) is 9.88. The van der Waals surface area contributed by atoms with Crippen molar-refractivity contribution in [3.8, 4) is 5.69 Å². The number of fused-ring (bicyclic) bond motifs is 5. The summed E-state index contributed by atoms with van der Waals surface area (Å²) in [5.41, 5.74) is 4.81. The van der Waals surface area contributed by atoms with E-state index < -0.39 is 0 Å². The van der Waals surface area contributed by atoms with Crippen LogP contribution in [0.1, 0.15) is 61.3 Å². The summed E-state index contributed by atoms with van der Waals surface area (Å²) in [6, 6.07) is 17.8. The number of halogens is 1. The first-order valence-corrected chi connectivity index (χ1v) is 10.9. The molecule has 4 nitrogen and oxygen atoms in total. The second kappa shape index (κ2) is 6.30. The maximum absolute atomic E-state index is 13.3. The Morgan fingerprint density at radius 1 is 1.10 bits per heavy atom. The lowest BCUT2D eigenvalue weighted by atomic mass is 9.70. The van der Waals surface area contributed by atoms with E-state index in [2.05, 4.69) is 54.2 Å². The first kappa shape index (κ1) is 18.6. The average Bonchev–Trinajstić information content (AvgIpc) is 3.27. The molecule has 2 aliphatic carbocycles. The lowest BCUT2D eigenvalue weighted by molar-refractivity contribution is 0.101. The second-order valence-electron chi connectivity index (χ2n) is 8.96. The van der Waals surface area contributed by atoms with Crippen molar-refractivity contribution in [2.24, 2.45) is 5.41 Å². The Hall–Kier alpha value is -2.40. The fraction of sp³-hybridized carbons (Fsp3) is 0.333. The van der Waals surface area contributed by atoms with Gasteiger partial charge in [0.05, 0.1) is 11.4 Å². The highest BCUT2D eigenvalue weighted by molar-refractivity contribution is 9.10. The molecule has 5 heteroatoms. The van der Waals surface area contributed by atoms with Crippen molar-refractivity contribution in [3.63, 3.8) is 0 Å². The standard InChI is InChI=1S/C24H24BrN3O/c1-23(2)18-13-14-24(23,3)21-19(18)20(27-28(21)17-7-5-4-6-8-17)22(29)26-16-11-9-15(25)10-12-16/h4-12,18H,13-14H2,1-3H3,(H,26,29)/t18-,24+/m0/s1. The van der Waals surface area contributed by atoms with E-state index in [0.29, 0.717) is 11.6 Å². The van der Waals surface area contributed by atoms with Crippen molar-refractivity contribution in [3.05, 3.63) is 76.0 Å². The molecule has 1 heterocycles. The Bertz CT molecular complexity index is 1100. The molecule has 3 aromatic rings. The molecule has 1 amide bonds. The van der Waals surface area contributed by atoms with Crippen LogP contribution in [0.3, 0.4) is 0 Å². The predicted molar refractivity (Wildman–Crippen MR) is 119 cm³/mol. The van der Waals surface area contributed by atoms with Gasteiger partial charge in [0.25, 0.3) is 5.91 Å². The number of benzene rings is 2. The van der Waals surface area contributed by atoms with Gasteiger partial charge in [0.2, 0.25) is 0 Å². The number of aromatic nitrogens is 2. The van der Waals surface area contributed by atoms with Gasteiger partial charge in [0, 0.05) is 21.1 Å². The first-order chi connectivity index (χ1) is 13.8. The molecule has 2 aliphatic rings. The van der Waals surface area contributed by atoms with Crippen molar-refractivity contribution in [2.45, 2.75) is 44.9 Å². The predicted octanol–water partition coefficient (Wildman–Crippen LogP) is 6.06. The molecule has 0 spiro atoms. The molecule has 0 radical (unpaired) electrons. The molecule has 2 bridgehead atoms. The zero-order valence-electron chi connectivity index (χ0n) is 16.9. The molecule has 0 aliphatic heterocycles. The van der Waals surface area contributed by atoms with Crippen LogP contribution in [0.4, 0.5) is 5.69 Å². The number of para-hydroxylation sites is 1. The van der Waals surface area contributed by atoms with Crippen LogP contribution < -0.4 is 5.32 Å². The SMILES string of the molecule is CC1(C)[C@H]2CC[C@]1(C)c1c2c(C(=O)Nc2ccc(Br)cc2)nn1-c1ccccc1. The van der Waals surface area contributed by atoms with Crippen LogP contribution in [0.25, 0.3) is 5.69 Å². The average molecular weight is 450 g/mol. The molecule has 2 atom stereocenters. The summed E-state index contributed by atoms with van der Waals surface area (Å²) in [6.45, 7) is 7.03. The fourth-order valence-corrected chi connectivity index (χ4v) is 5.63. The Morgan fingerprint density at radius 2 is 1.79 bits per heavy atom. The van der Waals surface area contributed by atoms with Crippen molar-refractivity contribution >= 4 is 27.5 Å². The number of hydrogen-bond acceptors (Lipinski definition) is 2. The van der Waals surface area contributed by atoms with E-state index in [1.807, 2.05) is 47.1 Å². The number of nitrogens with zero attached hydrogens (tertiary/aromatic N) is 2. The molecule has 2 aromatic carbocycles. The molecule has 148 valence electrons. The van der Waals surface area contributed by atoms with Gasteiger partial charge in [0.1, 0.15) is 0 Å². The first-order valence-electron chi connectivity index (χ1n) is 10.1. The highest BCUT2D eigenvalue weighted by Gasteiger charge is 2.63. The molecule has 1 fully saturated rings. The number of hydrogen-bond donors (Lipinski definition) is 1. The summed E-state index contributed by atoms with van der Waals surface area (Å²) in [4.78, 5) is 13.3. The summed E-state index contributed by atoms with van der Waals surface area (Å²) in [5, 5.41) is 7.91. The maximum atomic E-state index is 13.3. The van der Waals surface area contributed by atoms with Gasteiger partial charge in [-0.1, -0.05) is 54.9 Å². The third-order valence-electron chi connectivity index (χ3n) is 7.34. The molecule has 0 unspecified atom stereocenters. The number of rotatable bonds is 3. The lowest BCUT2D eigenvalue weighted by Crippen LogP contribution is -2.33. The number of amides is 1. The summed E-state index contributed by atoms with van der Waals surface area (Å²) in [6.07, 6.45) is 2.24. The monoisotopic (exact) mass is 449 g/mol. The summed E-state index contributed by atoms with van der Waals surface area (Å²) in [5.74, 6) is 0.218. The topological polar surface area (TPSA) is 46.9 Å². The molecule has 29 heavy (non-hydrogen) atoms. The van der Waals surface area contributed by atoms with E-state index >= 15 is 0 Å². The highest BCUT2D eigenvalue weighted by atomic mass is 79.9. The van der Waals surface area contributed by atoms with Gasteiger partial charge in [-0.15, -0.1) is 0 Å². The Balaban J connectivity index is 1.65. The largest absolute Gasteiger partial charge is 0.321 e. The summed E-state index contributed by atoms with van der Waals surface area (Å²) < 4.78 is 3.00. The highest BCUT2D eigenvalue weighted by Crippen LogP contribution is 2.68. The van der Waals surface area contributed by atoms with Gasteiger partial charge in [-0.3, -0.25) is 4.79 Å². The minimum Gasteiger partial charge on any atom is -0.321 e. The van der Waals surface area contributed by atoms with Crippen LogP contribution >= 0.6 is 15.9 Å². The number of carbonyl (C=O) groups excluding carboxylic acids is 1. The van der Waals surface area contributed by atoms with Gasteiger partial charge in [-0.2, -0.15) is 5.10 Å². The van der Waals surface area contributed by atoms with Gasteiger partial charge < -0.3 is 5.32 Å². The molecular formula is C24H24BrN3O. The Labute approximate surface area is 179 Å². The van der Waals surface area contributed by atoms with E-state index in [-0.39, 0.29) is 16.7 Å². The van der Waals surface area contributed by atoms with Crippen molar-refractivity contribution in [1.29, 1.82) is 0 Å². The van der Waals surface area contributed by atoms with E-state index in [4.69, 9.17) is 5.10 Å². The zero-order valence-corrected chi connectivity index (χ0v) is 18.5. The number of anilines is 1. The number of carbonyl (C=O) groups is 1. The molecule has 5 rings (SSSR count). The van der Waals surface area contributed by atoms with Crippen LogP contribution in [-0.4, -0.2) is 15.7 Å². The van der Waals surface area contributed by atoms with Crippen molar-refractivity contribution < 1.29 is 4.79 Å². The van der Waals surface area contributed by atoms with E-state index in [0.717, 1.165) is 34.3 Å². The Kier molecular flexibility index (Phi) is 4.04. The minimum atomic E-state index is -0.134. The molecule has 1 N–H and O–H groups in total. The third-order valence-corrected chi connectivity index (χ3v) is 7.87. The summed E-state index contributed by atoms with van der Waals surface area (Å²) in [7, 11) is 0. The van der Waals surface area contributed by atoms with Gasteiger partial charge >= 0.3 is 0 Å². The summed E-state index contributed by atoms with van der Waals surface area (Å²) >= 11 is 3.44. The van der Waals surface area contributed by atoms with Crippen LogP contribution in [0, 0.1) is 5.41 Å². The van der Waals surface area contributed by atoms with Crippen molar-refractivity contribution in [2.75, 3.05) is 5.32 Å². The molecular weight excluding hydrogens is 426 g/mol. The van der Waals surface area contributed by atoms with Crippen LogP contribution in [0.15, 0.2) is 59.1 Å². The van der Waals surface area contributed by atoms with Gasteiger partial charge in [-0.25, -0.2) is 4.68 Å². The van der Waals surface area contributed by atoms with Crippen molar-refractivity contribution in [1.82, 2.24) is 9.78 Å². The number of nitrogens with one attached hydrogen (secondary N) is 1. The Morgan fingerprint density at radius 3 is 2.48 bits per heavy atom. The van der Waals surface area contributed by atoms with E-state index in [1.54, 1.807) is 0 Å². The quantitative estimate of drug-likeness (QED) is 0.527. The van der Waals surface area contributed by atoms with E-state index in [1.165, 1.54) is 5.69 Å². The maximum Gasteiger partial charge on any atom is 0.276 e.